The fourth-order valence-corrected chi connectivity index (χ4v) is 3.70. The van der Waals surface area contributed by atoms with Gasteiger partial charge in [-0.05, 0) is 32.4 Å². The first-order chi connectivity index (χ1) is 13.0. The summed E-state index contributed by atoms with van der Waals surface area (Å²) in [5.74, 6) is 0.630. The average Bonchev–Trinajstić information content (AvgIpc) is 3.22. The second kappa shape index (κ2) is 7.17. The van der Waals surface area contributed by atoms with Crippen LogP contribution in [-0.2, 0) is 6.54 Å². The minimum absolute atomic E-state index is 0.186. The van der Waals surface area contributed by atoms with E-state index in [2.05, 4.69) is 20.4 Å². The fraction of sp³-hybridized carbons (Fsp3) is 0.400. The van der Waals surface area contributed by atoms with Crippen LogP contribution in [0.15, 0.2) is 34.9 Å². The van der Waals surface area contributed by atoms with Crippen LogP contribution in [0.2, 0.25) is 0 Å². The van der Waals surface area contributed by atoms with Crippen LogP contribution in [0, 0.1) is 13.8 Å². The highest BCUT2D eigenvalue weighted by Gasteiger charge is 2.30. The van der Waals surface area contributed by atoms with Gasteiger partial charge in [0.15, 0.2) is 0 Å². The van der Waals surface area contributed by atoms with E-state index in [-0.39, 0.29) is 11.9 Å². The molecule has 1 aromatic carbocycles. The van der Waals surface area contributed by atoms with Crippen molar-refractivity contribution in [1.29, 1.82) is 0 Å². The first kappa shape index (κ1) is 17.8. The van der Waals surface area contributed by atoms with E-state index in [1.54, 1.807) is 0 Å². The van der Waals surface area contributed by atoms with Crippen molar-refractivity contribution in [2.45, 2.75) is 39.0 Å². The van der Waals surface area contributed by atoms with Gasteiger partial charge in [-0.3, -0.25) is 9.69 Å². The van der Waals surface area contributed by atoms with Crippen LogP contribution in [0.1, 0.15) is 33.9 Å². The number of aryl methyl sites for hydroxylation is 2. The number of nitrogens with zero attached hydrogens (tertiary/aromatic N) is 2. The number of β-amino-alcohol motifs (C(OH)–C–C–N with tert-alkyl or cyclic N) is 1. The van der Waals surface area contributed by atoms with E-state index in [1.807, 2.05) is 44.2 Å². The number of likely N-dealkylation sites (tertiary alicyclic amines) is 1. The number of para-hydroxylation sites is 1. The number of carbonyl (C=O) groups is 1. The summed E-state index contributed by atoms with van der Waals surface area (Å²) in [6.45, 7) is 5.82. The smallest absolute Gasteiger partial charge is 0.268 e. The summed E-state index contributed by atoms with van der Waals surface area (Å²) >= 11 is 0. The summed E-state index contributed by atoms with van der Waals surface area (Å²) in [5, 5.41) is 18.5. The van der Waals surface area contributed by atoms with Crippen LogP contribution in [0.25, 0.3) is 10.9 Å². The van der Waals surface area contributed by atoms with Crippen LogP contribution in [-0.4, -0.2) is 51.3 Å². The second-order valence-corrected chi connectivity index (χ2v) is 7.24. The lowest BCUT2D eigenvalue weighted by Crippen LogP contribution is -2.53. The molecule has 27 heavy (non-hydrogen) atoms. The normalized spacial score (nSPS) is 20.9. The first-order valence-electron chi connectivity index (χ1n) is 9.22. The molecule has 7 heteroatoms. The van der Waals surface area contributed by atoms with Crippen molar-refractivity contribution in [1.82, 2.24) is 20.4 Å². The lowest BCUT2D eigenvalue weighted by atomic mass is 10.0. The number of amides is 1. The Kier molecular flexibility index (Phi) is 4.72. The Morgan fingerprint density at radius 3 is 2.93 bits per heavy atom. The largest absolute Gasteiger partial charge is 0.390 e. The third-order valence-corrected chi connectivity index (χ3v) is 5.32. The third-order valence-electron chi connectivity index (χ3n) is 5.32. The molecule has 0 saturated carbocycles. The fourth-order valence-electron chi connectivity index (χ4n) is 3.70. The molecule has 3 aromatic rings. The molecule has 1 amide bonds. The van der Waals surface area contributed by atoms with Crippen molar-refractivity contribution < 1.29 is 14.4 Å². The summed E-state index contributed by atoms with van der Waals surface area (Å²) in [7, 11) is 0. The van der Waals surface area contributed by atoms with E-state index in [9.17, 15) is 9.90 Å². The van der Waals surface area contributed by atoms with Crippen molar-refractivity contribution in [3.63, 3.8) is 0 Å². The summed E-state index contributed by atoms with van der Waals surface area (Å²) in [4.78, 5) is 17.9. The number of aromatic amines is 1. The number of carbonyl (C=O) groups excluding carboxylic acids is 1. The second-order valence-electron chi connectivity index (χ2n) is 7.24. The zero-order valence-corrected chi connectivity index (χ0v) is 15.5. The molecule has 142 valence electrons. The minimum Gasteiger partial charge on any atom is -0.390 e. The van der Waals surface area contributed by atoms with Gasteiger partial charge in [-0.1, -0.05) is 23.4 Å². The molecule has 1 fully saturated rings. The highest BCUT2D eigenvalue weighted by atomic mass is 16.5. The lowest BCUT2D eigenvalue weighted by Gasteiger charge is -2.36. The summed E-state index contributed by atoms with van der Waals surface area (Å²) in [5.41, 5.74) is 3.40. The predicted molar refractivity (Wildman–Crippen MR) is 101 cm³/mol. The van der Waals surface area contributed by atoms with Gasteiger partial charge in [0.1, 0.15) is 11.5 Å². The van der Waals surface area contributed by atoms with Crippen molar-refractivity contribution >= 4 is 16.8 Å². The topological polar surface area (TPSA) is 94.4 Å². The van der Waals surface area contributed by atoms with E-state index >= 15 is 0 Å². The number of hydrogen-bond acceptors (Lipinski definition) is 5. The molecule has 0 unspecified atom stereocenters. The third kappa shape index (κ3) is 3.61. The number of fused-ring (bicyclic) bond motifs is 1. The molecular weight excluding hydrogens is 344 g/mol. The van der Waals surface area contributed by atoms with Gasteiger partial charge >= 0.3 is 0 Å². The molecule has 2 atom stereocenters. The molecule has 7 nitrogen and oxygen atoms in total. The zero-order valence-electron chi connectivity index (χ0n) is 15.5. The summed E-state index contributed by atoms with van der Waals surface area (Å²) < 4.78 is 5.21. The van der Waals surface area contributed by atoms with E-state index in [1.165, 1.54) is 0 Å². The molecular formula is C20H24N4O3. The number of nitrogens with one attached hydrogen (secondary N) is 2. The highest BCUT2D eigenvalue weighted by Crippen LogP contribution is 2.20. The Balaban J connectivity index is 1.37. The first-order valence-corrected chi connectivity index (χ1v) is 9.22. The van der Waals surface area contributed by atoms with E-state index in [0.29, 0.717) is 25.2 Å². The van der Waals surface area contributed by atoms with E-state index in [4.69, 9.17) is 4.52 Å². The number of aromatic nitrogens is 2. The van der Waals surface area contributed by atoms with Crippen molar-refractivity contribution in [2.24, 2.45) is 0 Å². The number of rotatable bonds is 4. The Morgan fingerprint density at radius 2 is 2.22 bits per heavy atom. The van der Waals surface area contributed by atoms with Gasteiger partial charge in [-0.2, -0.15) is 0 Å². The predicted octanol–water partition coefficient (Wildman–Crippen LogP) is 2.14. The maximum Gasteiger partial charge on any atom is 0.268 e. The van der Waals surface area contributed by atoms with Crippen LogP contribution in [0.3, 0.4) is 0 Å². The molecule has 0 radical (unpaired) electrons. The number of benzene rings is 1. The van der Waals surface area contributed by atoms with Gasteiger partial charge in [0, 0.05) is 36.1 Å². The maximum absolute atomic E-state index is 12.6. The number of aliphatic hydroxyl groups excluding tert-OH is 1. The quantitative estimate of drug-likeness (QED) is 0.656. The molecule has 3 heterocycles. The van der Waals surface area contributed by atoms with Crippen molar-refractivity contribution in [3.8, 4) is 0 Å². The maximum atomic E-state index is 12.6. The van der Waals surface area contributed by atoms with Gasteiger partial charge in [-0.15, -0.1) is 0 Å². The van der Waals surface area contributed by atoms with E-state index in [0.717, 1.165) is 34.5 Å². The van der Waals surface area contributed by atoms with Gasteiger partial charge in [-0.25, -0.2) is 0 Å². The Labute approximate surface area is 157 Å². The summed E-state index contributed by atoms with van der Waals surface area (Å²) in [6.07, 6.45) is 0.0730. The van der Waals surface area contributed by atoms with Gasteiger partial charge in [0.05, 0.1) is 17.8 Å². The van der Waals surface area contributed by atoms with Gasteiger partial charge in [0.25, 0.3) is 5.91 Å². The standard InChI is InChI=1S/C20H24N4O3/c1-12-15(13(2)27-23-12)10-24-8-7-17(19(25)11-24)22-20(26)18-9-14-5-3-4-6-16(14)21-18/h3-6,9,17,19,21,25H,7-8,10-11H2,1-2H3,(H,22,26)/t17-,19-/m1/s1. The molecule has 2 aromatic heterocycles. The molecule has 1 aliphatic rings. The number of H-pyrrole nitrogens is 1. The van der Waals surface area contributed by atoms with Gasteiger partial charge in [0.2, 0.25) is 0 Å². The number of hydrogen-bond donors (Lipinski definition) is 3. The van der Waals surface area contributed by atoms with Crippen molar-refractivity contribution in [2.75, 3.05) is 13.1 Å². The Hall–Kier alpha value is -2.64. The molecule has 4 rings (SSSR count). The van der Waals surface area contributed by atoms with Crippen molar-refractivity contribution in [3.05, 3.63) is 53.0 Å². The number of aliphatic hydroxyl groups is 1. The SMILES string of the molecule is Cc1noc(C)c1CN1CC[C@@H](NC(=O)c2cc3ccccc3[nH]2)[C@H](O)C1. The van der Waals surface area contributed by atoms with Gasteiger partial charge < -0.3 is 19.9 Å². The summed E-state index contributed by atoms with van der Waals surface area (Å²) in [6, 6.07) is 9.35. The molecule has 1 aliphatic heterocycles. The molecule has 0 bridgehead atoms. The van der Waals surface area contributed by atoms with Crippen LogP contribution >= 0.6 is 0 Å². The molecule has 0 aliphatic carbocycles. The molecule has 1 saturated heterocycles. The minimum atomic E-state index is -0.618. The monoisotopic (exact) mass is 368 g/mol. The van der Waals surface area contributed by atoms with Crippen LogP contribution in [0.4, 0.5) is 0 Å². The average molecular weight is 368 g/mol. The Morgan fingerprint density at radius 1 is 1.41 bits per heavy atom. The lowest BCUT2D eigenvalue weighted by molar-refractivity contribution is 0.0346. The molecule has 3 N–H and O–H groups in total. The number of piperidine rings is 1. The van der Waals surface area contributed by atoms with Crippen LogP contribution < -0.4 is 5.32 Å². The van der Waals surface area contributed by atoms with E-state index < -0.39 is 6.10 Å². The highest BCUT2D eigenvalue weighted by molar-refractivity contribution is 5.98. The zero-order chi connectivity index (χ0) is 19.0. The van der Waals surface area contributed by atoms with Crippen LogP contribution in [0.5, 0.6) is 0 Å². The molecule has 0 spiro atoms. The Bertz CT molecular complexity index is 909.